The molecular formula is C42H28N4OS. The maximum absolute atomic E-state index is 6.64. The fourth-order valence-electron chi connectivity index (χ4n) is 7.18. The molecule has 5 nitrogen and oxygen atoms in total. The molecule has 48 heavy (non-hydrogen) atoms. The van der Waals surface area contributed by atoms with Gasteiger partial charge in [0.15, 0.2) is 6.17 Å². The first-order chi connectivity index (χ1) is 23.8. The summed E-state index contributed by atoms with van der Waals surface area (Å²) in [4.78, 5) is 15.4. The first-order valence-corrected chi connectivity index (χ1v) is 17.0. The molecule has 0 spiro atoms. The van der Waals surface area contributed by atoms with Crippen molar-refractivity contribution in [3.8, 4) is 16.9 Å². The number of rotatable bonds is 4. The molecule has 0 radical (unpaired) electrons. The van der Waals surface area contributed by atoms with E-state index in [1.54, 1.807) is 0 Å². The first-order valence-electron chi connectivity index (χ1n) is 16.2. The highest BCUT2D eigenvalue weighted by atomic mass is 32.1. The molecule has 1 aromatic heterocycles. The predicted octanol–water partition coefficient (Wildman–Crippen LogP) is 9.81. The van der Waals surface area contributed by atoms with E-state index < -0.39 is 6.17 Å². The van der Waals surface area contributed by atoms with Gasteiger partial charge in [-0.25, -0.2) is 9.98 Å². The van der Waals surface area contributed by atoms with Crippen LogP contribution >= 0.6 is 11.3 Å². The van der Waals surface area contributed by atoms with Crippen LogP contribution in [0.3, 0.4) is 0 Å². The van der Waals surface area contributed by atoms with E-state index in [0.717, 1.165) is 45.2 Å². The number of fused-ring (bicyclic) bond motifs is 7. The van der Waals surface area contributed by atoms with Crippen LogP contribution in [0.2, 0.25) is 0 Å². The van der Waals surface area contributed by atoms with Crippen molar-refractivity contribution in [3.05, 3.63) is 162 Å². The van der Waals surface area contributed by atoms with Gasteiger partial charge in [0.05, 0.1) is 0 Å². The van der Waals surface area contributed by atoms with Crippen LogP contribution in [0.15, 0.2) is 155 Å². The minimum absolute atomic E-state index is 0.156. The zero-order chi connectivity index (χ0) is 31.6. The molecule has 0 saturated heterocycles. The van der Waals surface area contributed by atoms with Gasteiger partial charge in [-0.1, -0.05) is 103 Å². The molecule has 0 fully saturated rings. The summed E-state index contributed by atoms with van der Waals surface area (Å²) < 4.78 is 9.18. The van der Waals surface area contributed by atoms with Crippen LogP contribution in [0.5, 0.6) is 5.75 Å². The maximum atomic E-state index is 6.64. The minimum Gasteiger partial charge on any atom is -0.483 e. The molecule has 0 saturated carbocycles. The topological polar surface area (TPSA) is 58.3 Å². The molecule has 6 heteroatoms. The average Bonchev–Trinajstić information content (AvgIpc) is 3.73. The lowest BCUT2D eigenvalue weighted by molar-refractivity contribution is 0.257. The quantitative estimate of drug-likeness (QED) is 0.209. The molecule has 228 valence electrons. The average molecular weight is 637 g/mol. The van der Waals surface area contributed by atoms with Crippen molar-refractivity contribution in [2.75, 3.05) is 0 Å². The summed E-state index contributed by atoms with van der Waals surface area (Å²) in [6.45, 7) is 0. The monoisotopic (exact) mass is 636 g/mol. The van der Waals surface area contributed by atoms with Crippen LogP contribution in [-0.2, 0) is 0 Å². The summed E-state index contributed by atoms with van der Waals surface area (Å²) in [5, 5.41) is 8.57. The van der Waals surface area contributed by atoms with Gasteiger partial charge >= 0.3 is 0 Å². The molecule has 10 rings (SSSR count). The number of allylic oxidation sites excluding steroid dienone is 1. The normalized spacial score (nSPS) is 19.5. The molecule has 0 bridgehead atoms. The smallest absolute Gasteiger partial charge is 0.169 e. The molecule has 6 aromatic carbocycles. The number of nitrogens with one attached hydrogen (secondary N) is 1. The Kier molecular flexibility index (Phi) is 6.17. The summed E-state index contributed by atoms with van der Waals surface area (Å²) >= 11 is 1.83. The van der Waals surface area contributed by atoms with Crippen molar-refractivity contribution in [2.45, 2.75) is 18.3 Å². The number of thiophene rings is 1. The number of hydrogen-bond donors (Lipinski definition) is 1. The number of amidine groups is 2. The molecule has 7 aromatic rings. The standard InChI is InChI=1S/C42H28N4OS/c1-2-11-26(12-3-1)40-44-41(28-20-19-25-10-4-5-13-27(25)22-28)46-42(45-40)33-23-29(24-35-37(33)38-34(47-35)17-9-21-43-38)30-15-8-16-32-31-14-6-7-18-36(31)48-39(30)32/h1-24,34,38,41H,(H,44,45,46). The summed E-state index contributed by atoms with van der Waals surface area (Å²) in [7, 11) is 0. The Balaban J connectivity index is 1.19. The lowest BCUT2D eigenvalue weighted by Crippen LogP contribution is -2.36. The highest BCUT2D eigenvalue weighted by Crippen LogP contribution is 2.47. The van der Waals surface area contributed by atoms with E-state index in [1.807, 2.05) is 41.8 Å². The third kappa shape index (κ3) is 4.41. The van der Waals surface area contributed by atoms with E-state index >= 15 is 0 Å². The van der Waals surface area contributed by atoms with Gasteiger partial charge in [-0.05, 0) is 63.9 Å². The van der Waals surface area contributed by atoms with Crippen molar-refractivity contribution in [2.24, 2.45) is 15.0 Å². The first kappa shape index (κ1) is 27.3. The van der Waals surface area contributed by atoms with Gasteiger partial charge < -0.3 is 10.1 Å². The van der Waals surface area contributed by atoms with E-state index in [-0.39, 0.29) is 12.1 Å². The van der Waals surface area contributed by atoms with E-state index in [9.17, 15) is 0 Å². The molecule has 3 aliphatic heterocycles. The highest BCUT2D eigenvalue weighted by molar-refractivity contribution is 7.26. The second-order valence-electron chi connectivity index (χ2n) is 12.4. The Hall–Kier alpha value is -5.85. The Morgan fingerprint density at radius 2 is 1.46 bits per heavy atom. The largest absolute Gasteiger partial charge is 0.483 e. The van der Waals surface area contributed by atoms with Gasteiger partial charge in [0, 0.05) is 43.1 Å². The van der Waals surface area contributed by atoms with E-state index in [4.69, 9.17) is 19.7 Å². The van der Waals surface area contributed by atoms with Gasteiger partial charge in [0.2, 0.25) is 0 Å². The third-order valence-electron chi connectivity index (χ3n) is 9.47. The second-order valence-corrected chi connectivity index (χ2v) is 13.4. The van der Waals surface area contributed by atoms with E-state index in [2.05, 4.69) is 121 Å². The van der Waals surface area contributed by atoms with E-state index in [0.29, 0.717) is 0 Å². The van der Waals surface area contributed by atoms with Gasteiger partial charge in [0.25, 0.3) is 0 Å². The minimum atomic E-state index is -0.431. The Morgan fingerprint density at radius 3 is 2.40 bits per heavy atom. The van der Waals surface area contributed by atoms with E-state index in [1.165, 1.54) is 36.5 Å². The number of nitrogens with zero attached hydrogens (tertiary/aromatic N) is 3. The third-order valence-corrected chi connectivity index (χ3v) is 10.7. The number of dihydropyridines is 1. The Bertz CT molecular complexity index is 2540. The molecule has 3 aliphatic rings. The molecule has 0 aliphatic carbocycles. The molecule has 4 heterocycles. The SMILES string of the molecule is C1=CC2Oc3cc(-c4cccc5c4sc4ccccc45)cc(C4=NC(c5ccc6ccccc6c5)N=C(c5ccccc5)N4)c3C2N=C1. The zero-order valence-electron chi connectivity index (χ0n) is 25.7. The van der Waals surface area contributed by atoms with Crippen LogP contribution in [0.25, 0.3) is 42.1 Å². The summed E-state index contributed by atoms with van der Waals surface area (Å²) in [5.74, 6) is 2.39. The molecule has 3 unspecified atom stereocenters. The van der Waals surface area contributed by atoms with Crippen molar-refractivity contribution >= 4 is 60.2 Å². The highest BCUT2D eigenvalue weighted by Gasteiger charge is 2.38. The molecule has 1 N–H and O–H groups in total. The second kappa shape index (κ2) is 10.9. The number of benzene rings is 6. The Labute approximate surface area is 281 Å². The van der Waals surface area contributed by atoms with Crippen molar-refractivity contribution in [1.82, 2.24) is 5.32 Å². The van der Waals surface area contributed by atoms with Gasteiger partial charge in [-0.2, -0.15) is 0 Å². The Morgan fingerprint density at radius 1 is 0.646 bits per heavy atom. The van der Waals surface area contributed by atoms with Crippen LogP contribution in [0, 0.1) is 0 Å². The summed E-state index contributed by atoms with van der Waals surface area (Å²) in [6, 6.07) is 44.8. The molecular weight excluding hydrogens is 609 g/mol. The lowest BCUT2D eigenvalue weighted by atomic mass is 9.92. The molecule has 0 amide bonds. The van der Waals surface area contributed by atoms with Crippen LogP contribution in [0.1, 0.15) is 34.5 Å². The van der Waals surface area contributed by atoms with Crippen LogP contribution in [-0.4, -0.2) is 24.0 Å². The van der Waals surface area contributed by atoms with Crippen molar-refractivity contribution in [3.63, 3.8) is 0 Å². The van der Waals surface area contributed by atoms with Gasteiger partial charge in [-0.15, -0.1) is 11.3 Å². The lowest BCUT2D eigenvalue weighted by Gasteiger charge is -2.24. The van der Waals surface area contributed by atoms with Crippen molar-refractivity contribution < 1.29 is 4.74 Å². The van der Waals surface area contributed by atoms with Crippen LogP contribution < -0.4 is 10.1 Å². The van der Waals surface area contributed by atoms with Crippen molar-refractivity contribution in [1.29, 1.82) is 0 Å². The molecule has 3 atom stereocenters. The number of aliphatic imine (C=N–C) groups is 3. The predicted molar refractivity (Wildman–Crippen MR) is 199 cm³/mol. The number of ether oxygens (including phenoxy) is 1. The van der Waals surface area contributed by atoms with Gasteiger partial charge in [-0.3, -0.25) is 4.99 Å². The summed E-state index contributed by atoms with van der Waals surface area (Å²) in [5.41, 5.74) is 6.33. The van der Waals surface area contributed by atoms with Gasteiger partial charge in [0.1, 0.15) is 29.6 Å². The number of hydrogen-bond acceptors (Lipinski definition) is 6. The summed E-state index contributed by atoms with van der Waals surface area (Å²) in [6.07, 6.45) is 5.34. The zero-order valence-corrected chi connectivity index (χ0v) is 26.6. The fraction of sp³-hybridized carbons (Fsp3) is 0.0714. The maximum Gasteiger partial charge on any atom is 0.169 e. The van der Waals surface area contributed by atoms with Crippen LogP contribution in [0.4, 0.5) is 0 Å². The fourth-order valence-corrected chi connectivity index (χ4v) is 8.42.